The van der Waals surface area contributed by atoms with Gasteiger partial charge in [-0.2, -0.15) is 4.98 Å². The molecule has 0 bridgehead atoms. The van der Waals surface area contributed by atoms with Gasteiger partial charge >= 0.3 is 6.09 Å². The summed E-state index contributed by atoms with van der Waals surface area (Å²) < 4.78 is 36.4. The Balaban J connectivity index is 1.61. The number of nitrogens with zero attached hydrogens (tertiary/aromatic N) is 3. The Morgan fingerprint density at radius 1 is 1.15 bits per heavy atom. The first-order valence-corrected chi connectivity index (χ1v) is 13.2. The second-order valence-corrected chi connectivity index (χ2v) is 10.8. The van der Waals surface area contributed by atoms with Crippen LogP contribution in [0.3, 0.4) is 0 Å². The fourth-order valence-corrected chi connectivity index (χ4v) is 4.79. The van der Waals surface area contributed by atoms with Crippen molar-refractivity contribution in [3.05, 3.63) is 41.2 Å². The number of amides is 1. The van der Waals surface area contributed by atoms with E-state index in [1.807, 2.05) is 19.1 Å². The summed E-state index contributed by atoms with van der Waals surface area (Å²) in [7, 11) is 3.01. The van der Waals surface area contributed by atoms with E-state index in [1.54, 1.807) is 27.9 Å². The van der Waals surface area contributed by atoms with Gasteiger partial charge in [0.15, 0.2) is 5.13 Å². The van der Waals surface area contributed by atoms with Crippen molar-refractivity contribution in [2.45, 2.75) is 46.6 Å². The molecular formula is C27H31FN6O5S. The smallest absolute Gasteiger partial charge is 0.412 e. The van der Waals surface area contributed by atoms with Crippen molar-refractivity contribution in [2.75, 3.05) is 30.6 Å². The first kappa shape index (κ1) is 28.6. The quantitative estimate of drug-likeness (QED) is 0.213. The van der Waals surface area contributed by atoms with E-state index < -0.39 is 17.5 Å². The summed E-state index contributed by atoms with van der Waals surface area (Å²) in [6.45, 7) is 9.21. The zero-order valence-electron chi connectivity index (χ0n) is 23.3. The maximum atomic E-state index is 15.0. The molecule has 2 aromatic heterocycles. The van der Waals surface area contributed by atoms with Gasteiger partial charge in [0.25, 0.3) is 5.89 Å². The fourth-order valence-electron chi connectivity index (χ4n) is 3.97. The SMILES string of the molecule is CCc1cc(Nc2nc(N)c(-c3nc(-c4cc(NC(=O)OC(C)(C)C)c(OC)cc4F)no3)s2)cc(C)c1OC. The number of rotatable bonds is 8. The van der Waals surface area contributed by atoms with E-state index >= 15 is 0 Å². The largest absolute Gasteiger partial charge is 0.496 e. The number of methoxy groups -OCH3 is 2. The van der Waals surface area contributed by atoms with E-state index in [1.165, 1.54) is 24.5 Å². The molecule has 40 heavy (non-hydrogen) atoms. The van der Waals surface area contributed by atoms with Gasteiger partial charge in [-0.1, -0.05) is 23.4 Å². The van der Waals surface area contributed by atoms with Crippen LogP contribution < -0.4 is 25.8 Å². The van der Waals surface area contributed by atoms with Crippen molar-refractivity contribution in [1.29, 1.82) is 0 Å². The Hall–Kier alpha value is -4.39. The molecule has 0 fully saturated rings. The third-order valence-corrected chi connectivity index (χ3v) is 6.60. The van der Waals surface area contributed by atoms with Crippen LogP contribution in [-0.4, -0.2) is 41.0 Å². The Kier molecular flexibility index (Phi) is 8.14. The van der Waals surface area contributed by atoms with Crippen LogP contribution in [0.4, 0.5) is 31.5 Å². The number of aromatic nitrogens is 3. The Morgan fingerprint density at radius 2 is 1.90 bits per heavy atom. The van der Waals surface area contributed by atoms with Crippen LogP contribution in [0, 0.1) is 12.7 Å². The third kappa shape index (κ3) is 6.25. The molecule has 11 nitrogen and oxygen atoms in total. The van der Waals surface area contributed by atoms with Crippen LogP contribution in [0.5, 0.6) is 11.5 Å². The number of halogens is 1. The molecule has 4 aromatic rings. The zero-order valence-corrected chi connectivity index (χ0v) is 24.1. The van der Waals surface area contributed by atoms with Gasteiger partial charge in [-0.25, -0.2) is 14.2 Å². The molecule has 4 N–H and O–H groups in total. The molecule has 13 heteroatoms. The Labute approximate surface area is 234 Å². The van der Waals surface area contributed by atoms with E-state index in [-0.39, 0.29) is 34.5 Å². The molecule has 2 heterocycles. The molecule has 0 atom stereocenters. The average Bonchev–Trinajstić information content (AvgIpc) is 3.49. The summed E-state index contributed by atoms with van der Waals surface area (Å²) in [5.74, 6) is 0.448. The molecule has 212 valence electrons. The van der Waals surface area contributed by atoms with Gasteiger partial charge in [0.05, 0.1) is 25.5 Å². The summed E-state index contributed by atoms with van der Waals surface area (Å²) in [5.41, 5.74) is 8.45. The van der Waals surface area contributed by atoms with Gasteiger partial charge in [0, 0.05) is 11.8 Å². The average molecular weight is 571 g/mol. The maximum absolute atomic E-state index is 15.0. The fraction of sp³-hybridized carbons (Fsp3) is 0.333. The topological polar surface area (TPSA) is 147 Å². The number of benzene rings is 2. The molecule has 0 saturated carbocycles. The molecule has 1 amide bonds. The number of carbonyl (C=O) groups is 1. The lowest BCUT2D eigenvalue weighted by Crippen LogP contribution is -2.27. The Bertz CT molecular complexity index is 1550. The first-order valence-electron chi connectivity index (χ1n) is 12.3. The molecule has 4 rings (SSSR count). The summed E-state index contributed by atoms with van der Waals surface area (Å²) >= 11 is 1.21. The van der Waals surface area contributed by atoms with Gasteiger partial charge in [-0.15, -0.1) is 0 Å². The van der Waals surface area contributed by atoms with Crippen molar-refractivity contribution in [2.24, 2.45) is 0 Å². The lowest BCUT2D eigenvalue weighted by Gasteiger charge is -2.20. The highest BCUT2D eigenvalue weighted by molar-refractivity contribution is 7.19. The van der Waals surface area contributed by atoms with E-state index in [9.17, 15) is 9.18 Å². The van der Waals surface area contributed by atoms with E-state index in [2.05, 4.69) is 32.7 Å². The van der Waals surface area contributed by atoms with Crippen molar-refractivity contribution < 1.29 is 27.9 Å². The van der Waals surface area contributed by atoms with Crippen molar-refractivity contribution >= 4 is 39.8 Å². The minimum absolute atomic E-state index is 0.0240. The van der Waals surface area contributed by atoms with Crippen LogP contribution in [0.15, 0.2) is 28.8 Å². The number of hydrogen-bond donors (Lipinski definition) is 3. The number of carbonyl (C=O) groups excluding carboxylic acids is 1. The Morgan fingerprint density at radius 3 is 2.55 bits per heavy atom. The van der Waals surface area contributed by atoms with Crippen molar-refractivity contribution in [1.82, 2.24) is 15.1 Å². The monoisotopic (exact) mass is 570 g/mol. The van der Waals surface area contributed by atoms with E-state index in [0.29, 0.717) is 10.0 Å². The second kappa shape index (κ2) is 11.4. The standard InChI is InChI=1S/C27H31FN6O5S/c1-8-14-10-15(9-13(2)20(14)37-7)30-25-32-22(29)21(40-25)24-33-23(34-39-24)16-11-18(19(36-6)12-17(16)28)31-26(35)38-27(3,4)5/h9-12H,8,29H2,1-7H3,(H,30,32)(H,31,35). The highest BCUT2D eigenvalue weighted by atomic mass is 32.1. The van der Waals surface area contributed by atoms with Crippen LogP contribution in [-0.2, 0) is 11.2 Å². The predicted octanol–water partition coefficient (Wildman–Crippen LogP) is 6.56. The highest BCUT2D eigenvalue weighted by Crippen LogP contribution is 2.38. The van der Waals surface area contributed by atoms with Gasteiger partial charge in [-0.05, 0) is 63.4 Å². The molecule has 0 aliphatic heterocycles. The van der Waals surface area contributed by atoms with Gasteiger partial charge in [0.2, 0.25) is 5.82 Å². The van der Waals surface area contributed by atoms with E-state index in [4.69, 9.17) is 24.5 Å². The highest BCUT2D eigenvalue weighted by Gasteiger charge is 2.23. The number of nitrogens with two attached hydrogens (primary N) is 1. The maximum Gasteiger partial charge on any atom is 0.412 e. The van der Waals surface area contributed by atoms with Crippen molar-refractivity contribution in [3.63, 3.8) is 0 Å². The number of hydrogen-bond acceptors (Lipinski definition) is 11. The number of ether oxygens (including phenoxy) is 3. The summed E-state index contributed by atoms with van der Waals surface area (Å²) in [5, 5.41) is 10.3. The molecular weight excluding hydrogens is 539 g/mol. The summed E-state index contributed by atoms with van der Waals surface area (Å²) in [4.78, 5) is 21.4. The summed E-state index contributed by atoms with van der Waals surface area (Å²) in [6.07, 6.45) is 0.0691. The second-order valence-electron chi connectivity index (χ2n) is 9.78. The van der Waals surface area contributed by atoms with Crippen LogP contribution >= 0.6 is 11.3 Å². The molecule has 0 aliphatic carbocycles. The molecule has 0 spiro atoms. The van der Waals surface area contributed by atoms with Gasteiger partial charge in [-0.3, -0.25) is 5.32 Å². The molecule has 0 aliphatic rings. The minimum Gasteiger partial charge on any atom is -0.496 e. The number of nitrogens with one attached hydrogen (secondary N) is 2. The molecule has 0 unspecified atom stereocenters. The zero-order chi connectivity index (χ0) is 29.2. The molecule has 0 radical (unpaired) electrons. The van der Waals surface area contributed by atoms with Crippen LogP contribution in [0.25, 0.3) is 22.2 Å². The van der Waals surface area contributed by atoms with Crippen molar-refractivity contribution in [3.8, 4) is 33.7 Å². The van der Waals surface area contributed by atoms with E-state index in [0.717, 1.165) is 35.1 Å². The number of anilines is 4. The summed E-state index contributed by atoms with van der Waals surface area (Å²) in [6, 6.07) is 6.40. The molecule has 0 saturated heterocycles. The van der Waals surface area contributed by atoms with Gasteiger partial charge < -0.3 is 29.8 Å². The van der Waals surface area contributed by atoms with Crippen LogP contribution in [0.2, 0.25) is 0 Å². The van der Waals surface area contributed by atoms with Gasteiger partial charge in [0.1, 0.15) is 33.6 Å². The third-order valence-electron chi connectivity index (χ3n) is 5.63. The normalized spacial score (nSPS) is 11.3. The first-order chi connectivity index (χ1) is 18.9. The van der Waals surface area contributed by atoms with Crippen LogP contribution in [0.1, 0.15) is 38.8 Å². The molecule has 2 aromatic carbocycles. The lowest BCUT2D eigenvalue weighted by atomic mass is 10.1. The number of nitrogen functional groups attached to an aromatic ring is 1. The lowest BCUT2D eigenvalue weighted by molar-refractivity contribution is 0.0635. The predicted molar refractivity (Wildman–Crippen MR) is 152 cm³/mol. The number of thiazole rings is 1. The number of aryl methyl sites for hydroxylation is 2. The minimum atomic E-state index is -0.729.